The Bertz CT molecular complexity index is 671. The van der Waals surface area contributed by atoms with Gasteiger partial charge in [0.25, 0.3) is 5.91 Å². The number of nitrogens with one attached hydrogen (secondary N) is 1. The number of anilines is 1. The summed E-state index contributed by atoms with van der Waals surface area (Å²) in [4.78, 5) is 12.1. The Balaban J connectivity index is 2.35. The van der Waals surface area contributed by atoms with E-state index in [-0.39, 0.29) is 6.54 Å². The third-order valence-electron chi connectivity index (χ3n) is 2.84. The maximum absolute atomic E-state index is 12.9. The number of aromatic nitrogens is 4. The first-order valence-corrected chi connectivity index (χ1v) is 6.19. The molecule has 0 aliphatic heterocycles. The van der Waals surface area contributed by atoms with Crippen molar-refractivity contribution in [3.8, 4) is 0 Å². The molecule has 6 nitrogen and oxygen atoms in total. The van der Waals surface area contributed by atoms with E-state index in [9.17, 15) is 18.0 Å². The van der Waals surface area contributed by atoms with E-state index in [4.69, 9.17) is 0 Å². The molecule has 9 heteroatoms. The fourth-order valence-corrected chi connectivity index (χ4v) is 1.87. The molecule has 0 fully saturated rings. The van der Waals surface area contributed by atoms with Crippen molar-refractivity contribution < 1.29 is 18.0 Å². The topological polar surface area (TPSA) is 64.7 Å². The molecule has 2 aromatic heterocycles. The largest absolute Gasteiger partial charge is 0.435 e. The molecular formula is C12H14F3N5O. The lowest BCUT2D eigenvalue weighted by molar-refractivity contribution is -0.141. The minimum absolute atomic E-state index is 0.237. The Hall–Kier alpha value is -2.32. The molecule has 1 amide bonds. The summed E-state index contributed by atoms with van der Waals surface area (Å²) in [7, 11) is 1.59. The maximum Gasteiger partial charge on any atom is 0.435 e. The van der Waals surface area contributed by atoms with Crippen LogP contribution in [-0.2, 0) is 19.8 Å². The van der Waals surface area contributed by atoms with Crippen LogP contribution in [0.25, 0.3) is 0 Å². The molecule has 0 radical (unpaired) electrons. The second kappa shape index (κ2) is 5.23. The molecule has 2 rings (SSSR count). The van der Waals surface area contributed by atoms with Crippen molar-refractivity contribution >= 4 is 11.7 Å². The lowest BCUT2D eigenvalue weighted by Gasteiger charge is -2.07. The van der Waals surface area contributed by atoms with Crippen LogP contribution in [0.4, 0.5) is 19.0 Å². The highest BCUT2D eigenvalue weighted by Gasteiger charge is 2.39. The molecule has 2 aromatic rings. The molecule has 0 aromatic carbocycles. The van der Waals surface area contributed by atoms with Gasteiger partial charge in [-0.2, -0.15) is 23.4 Å². The number of aryl methyl sites for hydroxylation is 3. The van der Waals surface area contributed by atoms with E-state index in [2.05, 4.69) is 15.5 Å². The number of amides is 1. The highest BCUT2D eigenvalue weighted by Crippen LogP contribution is 2.31. The molecule has 0 unspecified atom stereocenters. The van der Waals surface area contributed by atoms with Crippen LogP contribution >= 0.6 is 0 Å². The molecule has 0 aliphatic rings. The van der Waals surface area contributed by atoms with Gasteiger partial charge in [0.15, 0.2) is 5.69 Å². The smallest absolute Gasteiger partial charge is 0.307 e. The van der Waals surface area contributed by atoms with E-state index in [1.54, 1.807) is 27.0 Å². The van der Waals surface area contributed by atoms with Crippen molar-refractivity contribution in [1.82, 2.24) is 19.6 Å². The quantitative estimate of drug-likeness (QED) is 0.945. The van der Waals surface area contributed by atoms with Crippen molar-refractivity contribution in [1.29, 1.82) is 0 Å². The summed E-state index contributed by atoms with van der Waals surface area (Å²) in [5.41, 5.74) is -1.06. The molecule has 114 valence electrons. The first-order valence-electron chi connectivity index (χ1n) is 6.19. The standard InChI is InChI=1S/C12H14F3N5O/c1-4-20-6-8(10(18-20)12(13,14)15)11(21)16-9-5-7(2)17-19(9)3/h5-6H,4H2,1-3H3,(H,16,21). The van der Waals surface area contributed by atoms with E-state index >= 15 is 0 Å². The summed E-state index contributed by atoms with van der Waals surface area (Å²) in [6, 6.07) is 1.56. The number of rotatable bonds is 3. The van der Waals surface area contributed by atoms with Gasteiger partial charge in [0.05, 0.1) is 11.3 Å². The Labute approximate surface area is 118 Å². The second-order valence-corrected chi connectivity index (χ2v) is 4.49. The number of alkyl halides is 3. The van der Waals surface area contributed by atoms with Gasteiger partial charge in [-0.1, -0.05) is 0 Å². The van der Waals surface area contributed by atoms with Crippen LogP contribution in [0.5, 0.6) is 0 Å². The molecule has 0 spiro atoms. The molecule has 0 aliphatic carbocycles. The van der Waals surface area contributed by atoms with Crippen molar-refractivity contribution in [2.45, 2.75) is 26.6 Å². The van der Waals surface area contributed by atoms with Crippen LogP contribution in [0.3, 0.4) is 0 Å². The summed E-state index contributed by atoms with van der Waals surface area (Å²) in [5, 5.41) is 9.81. The third kappa shape index (κ3) is 3.06. The van der Waals surface area contributed by atoms with E-state index in [0.29, 0.717) is 11.5 Å². The SMILES string of the molecule is CCn1cc(C(=O)Nc2cc(C)nn2C)c(C(F)(F)F)n1. The van der Waals surface area contributed by atoms with Crippen LogP contribution in [0.2, 0.25) is 0 Å². The highest BCUT2D eigenvalue weighted by molar-refractivity contribution is 6.04. The zero-order valence-electron chi connectivity index (χ0n) is 11.7. The highest BCUT2D eigenvalue weighted by atomic mass is 19.4. The lowest BCUT2D eigenvalue weighted by Crippen LogP contribution is -2.19. The van der Waals surface area contributed by atoms with Crippen molar-refractivity contribution in [3.05, 3.63) is 29.2 Å². The minimum Gasteiger partial charge on any atom is -0.307 e. The average molecular weight is 301 g/mol. The van der Waals surface area contributed by atoms with E-state index in [1.165, 1.54) is 4.68 Å². The molecule has 0 atom stereocenters. The molecule has 0 saturated heterocycles. The van der Waals surface area contributed by atoms with Gasteiger partial charge in [0, 0.05) is 25.9 Å². The minimum atomic E-state index is -4.69. The van der Waals surface area contributed by atoms with Crippen LogP contribution in [0, 0.1) is 6.92 Å². The van der Waals surface area contributed by atoms with Crippen molar-refractivity contribution in [3.63, 3.8) is 0 Å². The maximum atomic E-state index is 12.9. The zero-order chi connectivity index (χ0) is 15.8. The van der Waals surface area contributed by atoms with E-state index in [1.807, 2.05) is 0 Å². The summed E-state index contributed by atoms with van der Waals surface area (Å²) >= 11 is 0. The molecule has 21 heavy (non-hydrogen) atoms. The molecule has 0 saturated carbocycles. The Kier molecular flexibility index (Phi) is 3.75. The number of carbonyl (C=O) groups excluding carboxylic acids is 1. The zero-order valence-corrected chi connectivity index (χ0v) is 11.7. The fourth-order valence-electron chi connectivity index (χ4n) is 1.87. The predicted molar refractivity (Wildman–Crippen MR) is 68.8 cm³/mol. The van der Waals surface area contributed by atoms with E-state index < -0.39 is 23.3 Å². The van der Waals surface area contributed by atoms with Gasteiger partial charge in [-0.05, 0) is 13.8 Å². The van der Waals surface area contributed by atoms with Crippen LogP contribution in [0.1, 0.15) is 28.7 Å². The molecule has 0 bridgehead atoms. The fraction of sp³-hybridized carbons (Fsp3) is 0.417. The number of carbonyl (C=O) groups is 1. The lowest BCUT2D eigenvalue weighted by atomic mass is 10.2. The monoisotopic (exact) mass is 301 g/mol. The summed E-state index contributed by atoms with van der Waals surface area (Å²) in [6.45, 7) is 3.59. The van der Waals surface area contributed by atoms with Gasteiger partial charge >= 0.3 is 6.18 Å². The average Bonchev–Trinajstić information content (AvgIpc) is 2.93. The molecule has 2 heterocycles. The van der Waals surface area contributed by atoms with Gasteiger partial charge in [-0.15, -0.1) is 0 Å². The summed E-state index contributed by atoms with van der Waals surface area (Å²) < 4.78 is 41.2. The van der Waals surface area contributed by atoms with Crippen molar-refractivity contribution in [2.75, 3.05) is 5.32 Å². The first kappa shape index (κ1) is 15.1. The number of hydrogen-bond donors (Lipinski definition) is 1. The predicted octanol–water partition coefficient (Wildman–Crippen LogP) is 2.22. The third-order valence-corrected chi connectivity index (χ3v) is 2.84. The van der Waals surface area contributed by atoms with Gasteiger partial charge in [0.2, 0.25) is 0 Å². The van der Waals surface area contributed by atoms with Gasteiger partial charge in [-0.3, -0.25) is 14.2 Å². The van der Waals surface area contributed by atoms with Crippen LogP contribution < -0.4 is 5.32 Å². The van der Waals surface area contributed by atoms with E-state index in [0.717, 1.165) is 10.9 Å². The van der Waals surface area contributed by atoms with Crippen LogP contribution in [0.15, 0.2) is 12.3 Å². The van der Waals surface area contributed by atoms with Crippen LogP contribution in [-0.4, -0.2) is 25.5 Å². The number of hydrogen-bond acceptors (Lipinski definition) is 3. The summed E-state index contributed by atoms with van der Waals surface area (Å²) in [6.07, 6.45) is -3.60. The van der Waals surface area contributed by atoms with Gasteiger partial charge in [-0.25, -0.2) is 0 Å². The Morgan fingerprint density at radius 2 is 2.05 bits per heavy atom. The second-order valence-electron chi connectivity index (χ2n) is 4.49. The molecular weight excluding hydrogens is 287 g/mol. The Morgan fingerprint density at radius 3 is 2.52 bits per heavy atom. The van der Waals surface area contributed by atoms with Crippen molar-refractivity contribution in [2.24, 2.45) is 7.05 Å². The normalized spacial score (nSPS) is 11.7. The summed E-state index contributed by atoms with van der Waals surface area (Å²) in [5.74, 6) is -0.556. The Morgan fingerprint density at radius 1 is 1.38 bits per heavy atom. The molecule has 1 N–H and O–H groups in total. The van der Waals surface area contributed by atoms with Gasteiger partial charge in [0.1, 0.15) is 5.82 Å². The first-order chi connectivity index (χ1) is 9.72. The number of nitrogens with zero attached hydrogens (tertiary/aromatic N) is 4. The van der Waals surface area contributed by atoms with Gasteiger partial charge < -0.3 is 5.32 Å². The number of halogens is 3.